The number of carbonyl (C=O) groups excluding carboxylic acids is 1. The molecule has 2 aliphatic heterocycles. The Labute approximate surface area is 166 Å². The zero-order valence-electron chi connectivity index (χ0n) is 16.1. The Morgan fingerprint density at radius 2 is 2.04 bits per heavy atom. The van der Waals surface area contributed by atoms with Gasteiger partial charge in [-0.15, -0.1) is 0 Å². The zero-order valence-corrected chi connectivity index (χ0v) is 17.8. The molecule has 1 aromatic rings. The molecule has 2 aliphatic rings. The minimum Gasteiger partial charge on any atom is -0.300 e. The Morgan fingerprint density at radius 1 is 1.33 bits per heavy atom. The Balaban J connectivity index is 1.76. The van der Waals surface area contributed by atoms with Gasteiger partial charge in [-0.05, 0) is 50.3 Å². The molecule has 0 aliphatic carbocycles. The number of nitrogens with one attached hydrogen (secondary N) is 2. The first-order valence-electron chi connectivity index (χ1n) is 9.37. The molecule has 0 spiro atoms. The van der Waals surface area contributed by atoms with Crippen LogP contribution < -0.4 is 10.6 Å². The van der Waals surface area contributed by atoms with Crippen LogP contribution in [0.1, 0.15) is 31.4 Å². The molecule has 1 aromatic carbocycles. The molecule has 0 aromatic heterocycles. The molecule has 2 heterocycles. The largest absolute Gasteiger partial charge is 0.300 e. The SMILES string of the molecule is CC(=O)C1C(c2ccc(S(C)(=O)=O)cc2)NC(NCC2CCCS2)CN1C. The molecule has 8 heteroatoms. The number of rotatable bonds is 6. The summed E-state index contributed by atoms with van der Waals surface area (Å²) in [6, 6.07) is 6.42. The van der Waals surface area contributed by atoms with E-state index in [0.29, 0.717) is 10.1 Å². The summed E-state index contributed by atoms with van der Waals surface area (Å²) in [5, 5.41) is 7.85. The van der Waals surface area contributed by atoms with Gasteiger partial charge in [-0.2, -0.15) is 11.8 Å². The summed E-state index contributed by atoms with van der Waals surface area (Å²) in [6.45, 7) is 3.32. The Hall–Kier alpha value is -0.930. The van der Waals surface area contributed by atoms with Crippen LogP contribution in [-0.2, 0) is 14.6 Å². The molecule has 2 N–H and O–H groups in total. The highest BCUT2D eigenvalue weighted by Crippen LogP contribution is 2.28. The summed E-state index contributed by atoms with van der Waals surface area (Å²) < 4.78 is 23.4. The van der Waals surface area contributed by atoms with Crippen molar-refractivity contribution >= 4 is 27.4 Å². The molecule has 4 atom stereocenters. The van der Waals surface area contributed by atoms with Crippen molar-refractivity contribution in [2.45, 2.75) is 48.2 Å². The molecule has 0 bridgehead atoms. The van der Waals surface area contributed by atoms with Gasteiger partial charge in [-0.3, -0.25) is 20.3 Å². The number of nitrogens with zero attached hydrogens (tertiary/aromatic N) is 1. The number of likely N-dealkylation sites (N-methyl/N-ethyl adjacent to an activating group) is 1. The van der Waals surface area contributed by atoms with Gasteiger partial charge in [0.15, 0.2) is 9.84 Å². The predicted octanol–water partition coefficient (Wildman–Crippen LogP) is 1.44. The second kappa shape index (κ2) is 8.61. The molecule has 27 heavy (non-hydrogen) atoms. The first kappa shape index (κ1) is 20.8. The smallest absolute Gasteiger partial charge is 0.175 e. The van der Waals surface area contributed by atoms with Crippen molar-refractivity contribution in [1.82, 2.24) is 15.5 Å². The number of sulfone groups is 1. The molecule has 4 unspecified atom stereocenters. The average molecular weight is 412 g/mol. The van der Waals surface area contributed by atoms with Crippen molar-refractivity contribution in [2.24, 2.45) is 0 Å². The number of benzene rings is 1. The molecular formula is C19H29N3O3S2. The van der Waals surface area contributed by atoms with E-state index in [2.05, 4.69) is 15.5 Å². The summed E-state index contributed by atoms with van der Waals surface area (Å²) >= 11 is 2.02. The highest BCUT2D eigenvalue weighted by Gasteiger charge is 2.37. The first-order valence-corrected chi connectivity index (χ1v) is 12.3. The normalized spacial score (nSPS) is 29.7. The third-order valence-electron chi connectivity index (χ3n) is 5.34. The zero-order chi connectivity index (χ0) is 19.6. The molecule has 3 rings (SSSR count). The van der Waals surface area contributed by atoms with Crippen LogP contribution in [0.5, 0.6) is 0 Å². The number of thioether (sulfide) groups is 1. The minimum absolute atomic E-state index is 0.0892. The summed E-state index contributed by atoms with van der Waals surface area (Å²) in [6.07, 6.45) is 3.84. The minimum atomic E-state index is -3.23. The molecule has 150 valence electrons. The number of Topliss-reactive ketones (excluding diaryl/α,β-unsaturated/α-hetero) is 1. The van der Waals surface area contributed by atoms with Crippen LogP contribution in [0.15, 0.2) is 29.2 Å². The molecule has 0 radical (unpaired) electrons. The maximum atomic E-state index is 12.3. The van der Waals surface area contributed by atoms with Gasteiger partial charge in [-0.1, -0.05) is 12.1 Å². The third-order valence-corrected chi connectivity index (χ3v) is 7.87. The third kappa shape index (κ3) is 5.12. The topological polar surface area (TPSA) is 78.5 Å². The van der Waals surface area contributed by atoms with Gasteiger partial charge in [0.2, 0.25) is 0 Å². The Morgan fingerprint density at radius 3 is 2.59 bits per heavy atom. The Kier molecular flexibility index (Phi) is 6.63. The van der Waals surface area contributed by atoms with E-state index in [1.165, 1.54) is 24.9 Å². The van der Waals surface area contributed by atoms with Gasteiger partial charge < -0.3 is 0 Å². The van der Waals surface area contributed by atoms with Crippen LogP contribution >= 0.6 is 11.8 Å². The first-order chi connectivity index (χ1) is 12.8. The van der Waals surface area contributed by atoms with Crippen molar-refractivity contribution in [2.75, 3.05) is 32.1 Å². The number of hydrogen-bond acceptors (Lipinski definition) is 7. The fourth-order valence-corrected chi connectivity index (χ4v) is 5.81. The van der Waals surface area contributed by atoms with E-state index in [0.717, 1.165) is 18.7 Å². The van der Waals surface area contributed by atoms with Gasteiger partial charge in [0, 0.05) is 24.6 Å². The summed E-state index contributed by atoms with van der Waals surface area (Å²) in [4.78, 5) is 14.7. The van der Waals surface area contributed by atoms with Gasteiger partial charge in [0.25, 0.3) is 0 Å². The fraction of sp³-hybridized carbons (Fsp3) is 0.632. The molecule has 6 nitrogen and oxygen atoms in total. The van der Waals surface area contributed by atoms with E-state index >= 15 is 0 Å². The number of carbonyl (C=O) groups is 1. The summed E-state index contributed by atoms with van der Waals surface area (Å²) in [5.74, 6) is 1.35. The number of hydrogen-bond donors (Lipinski definition) is 2. The van der Waals surface area contributed by atoms with Crippen molar-refractivity contribution in [1.29, 1.82) is 0 Å². The highest BCUT2D eigenvalue weighted by atomic mass is 32.2. The van der Waals surface area contributed by atoms with E-state index in [1.807, 2.05) is 30.9 Å². The molecular weight excluding hydrogens is 382 g/mol. The fourth-order valence-electron chi connectivity index (χ4n) is 3.97. The van der Waals surface area contributed by atoms with Crippen LogP contribution in [0.4, 0.5) is 0 Å². The van der Waals surface area contributed by atoms with E-state index in [1.54, 1.807) is 19.1 Å². The maximum Gasteiger partial charge on any atom is 0.175 e. The van der Waals surface area contributed by atoms with Gasteiger partial charge in [0.05, 0.1) is 23.1 Å². The van der Waals surface area contributed by atoms with Crippen molar-refractivity contribution in [3.63, 3.8) is 0 Å². The lowest BCUT2D eigenvalue weighted by atomic mass is 9.93. The number of ketones is 1. The summed E-state index contributed by atoms with van der Waals surface area (Å²) in [5.41, 5.74) is 0.927. The van der Waals surface area contributed by atoms with Crippen LogP contribution in [0.2, 0.25) is 0 Å². The van der Waals surface area contributed by atoms with Gasteiger partial charge >= 0.3 is 0 Å². The maximum absolute atomic E-state index is 12.3. The summed E-state index contributed by atoms with van der Waals surface area (Å²) in [7, 11) is -1.26. The van der Waals surface area contributed by atoms with E-state index < -0.39 is 9.84 Å². The van der Waals surface area contributed by atoms with E-state index in [9.17, 15) is 13.2 Å². The monoisotopic (exact) mass is 411 g/mol. The second-order valence-electron chi connectivity index (χ2n) is 7.58. The quantitative estimate of drug-likeness (QED) is 0.733. The van der Waals surface area contributed by atoms with Crippen LogP contribution in [-0.4, -0.2) is 68.7 Å². The second-order valence-corrected chi connectivity index (χ2v) is 11.0. The molecule has 0 saturated carbocycles. The van der Waals surface area contributed by atoms with Crippen molar-refractivity contribution < 1.29 is 13.2 Å². The van der Waals surface area contributed by atoms with Crippen LogP contribution in [0.25, 0.3) is 0 Å². The predicted molar refractivity (Wildman–Crippen MR) is 110 cm³/mol. The average Bonchev–Trinajstić information content (AvgIpc) is 3.12. The highest BCUT2D eigenvalue weighted by molar-refractivity contribution is 8.00. The van der Waals surface area contributed by atoms with Crippen LogP contribution in [0, 0.1) is 0 Å². The standard InChI is InChI=1S/C19H29N3O3S2/c1-13(23)19-18(14-6-8-16(9-7-14)27(3,24)25)21-17(12-22(19)2)20-11-15-5-4-10-26-15/h6-9,15,17-21H,4-5,10-12H2,1-3H3. The van der Waals surface area contributed by atoms with Crippen molar-refractivity contribution in [3.8, 4) is 0 Å². The van der Waals surface area contributed by atoms with Gasteiger partial charge in [0.1, 0.15) is 5.78 Å². The van der Waals surface area contributed by atoms with Crippen molar-refractivity contribution in [3.05, 3.63) is 29.8 Å². The van der Waals surface area contributed by atoms with Gasteiger partial charge in [-0.25, -0.2) is 8.42 Å². The van der Waals surface area contributed by atoms with E-state index in [-0.39, 0.29) is 24.0 Å². The molecule has 2 saturated heterocycles. The molecule has 0 amide bonds. The number of piperazine rings is 1. The Bertz CT molecular complexity index is 761. The lowest BCUT2D eigenvalue weighted by Gasteiger charge is -2.43. The molecule has 2 fully saturated rings. The van der Waals surface area contributed by atoms with Crippen LogP contribution in [0.3, 0.4) is 0 Å². The lowest BCUT2D eigenvalue weighted by Crippen LogP contribution is -2.63. The lowest BCUT2D eigenvalue weighted by molar-refractivity contribution is -0.124. The van der Waals surface area contributed by atoms with E-state index in [4.69, 9.17) is 0 Å².